The Kier molecular flexibility index (Phi) is 13.5. The Morgan fingerprint density at radius 3 is 1.83 bits per heavy atom. The van der Waals surface area contributed by atoms with Crippen LogP contribution in [0.5, 0.6) is 0 Å². The van der Waals surface area contributed by atoms with Gasteiger partial charge in [0.1, 0.15) is 67.1 Å². The van der Waals surface area contributed by atoms with Crippen LogP contribution in [-0.2, 0) is 28.4 Å². The van der Waals surface area contributed by atoms with Gasteiger partial charge < -0.3 is 84.6 Å². The fraction of sp³-hybridized carbons (Fsp3) is 0.957. The van der Waals surface area contributed by atoms with Crippen molar-refractivity contribution in [1.29, 1.82) is 0 Å². The zero-order chi connectivity index (χ0) is 46.7. The zero-order valence-corrected chi connectivity index (χ0v) is 38.6. The van der Waals surface area contributed by atoms with E-state index in [4.69, 9.17) is 28.4 Å². The van der Waals surface area contributed by atoms with E-state index in [-0.39, 0.29) is 46.7 Å². The van der Waals surface area contributed by atoms with Gasteiger partial charge in [0.15, 0.2) is 18.9 Å². The summed E-state index contributed by atoms with van der Waals surface area (Å²) in [4.78, 5) is 0. The van der Waals surface area contributed by atoms with Crippen molar-refractivity contribution in [2.75, 3.05) is 26.4 Å². The van der Waals surface area contributed by atoms with E-state index < -0.39 is 122 Å². The SMILES string of the molecule is CC1(C)CC[C@]2(CO)[C@H](O)C[C@]3(C)C(=CC[C@@H]4[C@@]5(C)CC[C@H](O[C@@H]6OC[C@H](O[C@@H]7O[C@H](CO)[C@@H](O)[C@H](O)[C@H]7O)[C@H](O)[C@H]6O[C@@H]6O[C@H](CO)[C@@H](O)[C@H](O)[C@H]6O)C(C)(C)[C@@H]5CC[C@]43C)[C@@H]2C1. The minimum atomic E-state index is -1.82. The van der Waals surface area contributed by atoms with Crippen LogP contribution in [0.1, 0.15) is 106 Å². The molecule has 17 heteroatoms. The Morgan fingerprint density at radius 2 is 1.23 bits per heavy atom. The van der Waals surface area contributed by atoms with Crippen molar-refractivity contribution in [3.63, 3.8) is 0 Å². The van der Waals surface area contributed by atoms with Gasteiger partial charge in [0.05, 0.1) is 38.6 Å². The Balaban J connectivity index is 1.04. The fourth-order valence-corrected chi connectivity index (χ4v) is 14.9. The van der Waals surface area contributed by atoms with Crippen LogP contribution < -0.4 is 0 Å². The molecule has 368 valence electrons. The summed E-state index contributed by atoms with van der Waals surface area (Å²) >= 11 is 0. The molecule has 11 N–H and O–H groups in total. The predicted octanol–water partition coefficient (Wildman–Crippen LogP) is 0.224. The molecule has 3 saturated heterocycles. The standard InChI is InChI=1S/C47H78O17/c1-42(2)14-15-47(21-50)23(16-42)22-8-9-28-44(5)12-11-30(43(3,4)27(44)10-13-45(28,6)46(22,7)17-29(47)51)63-41-38(64-40-37(58)35(56)32(53)25(19-49)61-40)33(54)26(20-59-41)62-39-36(57)34(55)31(52)24(18-48)60-39/h8,23-41,48-58H,9-21H2,1-7H3/t23-,24+,25+,26-,27-,28+,29+,30-,31+,32+,33-,34-,35-,36+,37+,38+,39-,40-,41-,44-,45+,46+,47+/m0/s1. The number of aliphatic hydroxyl groups is 11. The van der Waals surface area contributed by atoms with Crippen LogP contribution in [-0.4, -0.2) is 181 Å². The summed E-state index contributed by atoms with van der Waals surface area (Å²) in [5.41, 5.74) is 0.0856. The lowest BCUT2D eigenvalue weighted by Crippen LogP contribution is -2.67. The van der Waals surface area contributed by atoms with Crippen molar-refractivity contribution in [3.05, 3.63) is 11.6 Å². The summed E-state index contributed by atoms with van der Waals surface area (Å²) in [5.74, 6) is 0.605. The predicted molar refractivity (Wildman–Crippen MR) is 225 cm³/mol. The van der Waals surface area contributed by atoms with Crippen LogP contribution in [0, 0.1) is 50.2 Å². The normalized spacial score (nSPS) is 54.7. The number of hydrogen-bond acceptors (Lipinski definition) is 17. The number of aliphatic hydroxyl groups excluding tert-OH is 11. The van der Waals surface area contributed by atoms with Gasteiger partial charge in [0.25, 0.3) is 0 Å². The molecule has 8 rings (SSSR count). The molecule has 17 nitrogen and oxygen atoms in total. The molecule has 7 fully saturated rings. The highest BCUT2D eigenvalue weighted by atomic mass is 16.8. The lowest BCUT2D eigenvalue weighted by Gasteiger charge is -2.72. The van der Waals surface area contributed by atoms with Crippen LogP contribution >= 0.6 is 0 Å². The summed E-state index contributed by atoms with van der Waals surface area (Å²) in [5, 5.41) is 118. The molecule has 0 spiro atoms. The first-order chi connectivity index (χ1) is 29.9. The second-order valence-corrected chi connectivity index (χ2v) is 23.2. The maximum Gasteiger partial charge on any atom is 0.187 e. The lowest BCUT2D eigenvalue weighted by atomic mass is 9.33. The van der Waals surface area contributed by atoms with E-state index in [0.29, 0.717) is 18.8 Å². The first-order valence-electron chi connectivity index (χ1n) is 23.8. The Bertz CT molecular complexity index is 1690. The van der Waals surface area contributed by atoms with E-state index in [1.165, 1.54) is 5.57 Å². The molecule has 4 saturated carbocycles. The van der Waals surface area contributed by atoms with Crippen molar-refractivity contribution in [2.45, 2.75) is 204 Å². The van der Waals surface area contributed by atoms with E-state index in [9.17, 15) is 56.2 Å². The van der Waals surface area contributed by atoms with Gasteiger partial charge in [-0.3, -0.25) is 0 Å². The Morgan fingerprint density at radius 1 is 0.625 bits per heavy atom. The van der Waals surface area contributed by atoms with Crippen molar-refractivity contribution in [1.82, 2.24) is 0 Å². The molecule has 8 aliphatic rings. The van der Waals surface area contributed by atoms with E-state index in [1.54, 1.807) is 0 Å². The third kappa shape index (κ3) is 7.62. The van der Waals surface area contributed by atoms with Crippen molar-refractivity contribution in [3.8, 4) is 0 Å². The molecule has 3 heterocycles. The topological polar surface area (TPSA) is 278 Å². The summed E-state index contributed by atoms with van der Waals surface area (Å²) in [6.45, 7) is 14.6. The highest BCUT2D eigenvalue weighted by Crippen LogP contribution is 2.76. The maximum atomic E-state index is 12.1. The average Bonchev–Trinajstić information content (AvgIpc) is 3.24. The van der Waals surface area contributed by atoms with Gasteiger partial charge in [-0.1, -0.05) is 60.1 Å². The van der Waals surface area contributed by atoms with Gasteiger partial charge in [-0.2, -0.15) is 0 Å². The molecule has 0 aromatic heterocycles. The third-order valence-corrected chi connectivity index (χ3v) is 19.1. The van der Waals surface area contributed by atoms with E-state index in [1.807, 2.05) is 0 Å². The van der Waals surface area contributed by atoms with Gasteiger partial charge in [0.2, 0.25) is 0 Å². The van der Waals surface area contributed by atoms with Gasteiger partial charge in [-0.15, -0.1) is 0 Å². The largest absolute Gasteiger partial charge is 0.396 e. The first-order valence-corrected chi connectivity index (χ1v) is 23.8. The smallest absolute Gasteiger partial charge is 0.187 e. The highest BCUT2D eigenvalue weighted by Gasteiger charge is 2.70. The van der Waals surface area contributed by atoms with Crippen molar-refractivity contribution in [2.24, 2.45) is 50.2 Å². The Labute approximate surface area is 376 Å². The minimum Gasteiger partial charge on any atom is -0.396 e. The maximum absolute atomic E-state index is 12.1. The van der Waals surface area contributed by atoms with Crippen LogP contribution in [0.15, 0.2) is 11.6 Å². The summed E-state index contributed by atoms with van der Waals surface area (Å²) in [6, 6.07) is 0. The molecule has 0 radical (unpaired) electrons. The van der Waals surface area contributed by atoms with Crippen molar-refractivity contribution < 1.29 is 84.6 Å². The quantitative estimate of drug-likeness (QED) is 0.109. The van der Waals surface area contributed by atoms with Crippen LogP contribution in [0.4, 0.5) is 0 Å². The second kappa shape index (κ2) is 17.5. The molecule has 23 atom stereocenters. The molecule has 0 aromatic rings. The third-order valence-electron chi connectivity index (χ3n) is 19.1. The number of hydrogen-bond donors (Lipinski definition) is 11. The summed E-state index contributed by atoms with van der Waals surface area (Å²) < 4.78 is 36.5. The lowest BCUT2D eigenvalue weighted by molar-refractivity contribution is -0.382. The van der Waals surface area contributed by atoms with Crippen LogP contribution in [0.2, 0.25) is 0 Å². The molecule has 64 heavy (non-hydrogen) atoms. The van der Waals surface area contributed by atoms with Crippen LogP contribution in [0.3, 0.4) is 0 Å². The molecule has 0 aromatic carbocycles. The fourth-order valence-electron chi connectivity index (χ4n) is 14.9. The molecule has 0 amide bonds. The molecular formula is C47H78O17. The number of fused-ring (bicyclic) bond motifs is 7. The summed E-state index contributed by atoms with van der Waals surface area (Å²) in [6.07, 6.45) is -13.0. The first kappa shape index (κ1) is 49.5. The van der Waals surface area contributed by atoms with Gasteiger partial charge >= 0.3 is 0 Å². The molecule has 5 aliphatic carbocycles. The molecule has 3 aliphatic heterocycles. The Hall–Kier alpha value is -0.940. The number of rotatable bonds is 9. The van der Waals surface area contributed by atoms with Crippen molar-refractivity contribution >= 4 is 0 Å². The number of allylic oxidation sites excluding steroid dienone is 2. The van der Waals surface area contributed by atoms with E-state index in [2.05, 4.69) is 54.5 Å². The monoisotopic (exact) mass is 915 g/mol. The van der Waals surface area contributed by atoms with E-state index >= 15 is 0 Å². The van der Waals surface area contributed by atoms with Crippen LogP contribution in [0.25, 0.3) is 0 Å². The molecule has 0 bridgehead atoms. The zero-order valence-electron chi connectivity index (χ0n) is 38.6. The molecular weight excluding hydrogens is 836 g/mol. The van der Waals surface area contributed by atoms with Gasteiger partial charge in [-0.05, 0) is 103 Å². The van der Waals surface area contributed by atoms with Gasteiger partial charge in [-0.25, -0.2) is 0 Å². The summed E-state index contributed by atoms with van der Waals surface area (Å²) in [7, 11) is 0. The number of ether oxygens (including phenoxy) is 6. The average molecular weight is 915 g/mol. The van der Waals surface area contributed by atoms with Gasteiger partial charge in [0, 0.05) is 5.41 Å². The minimum absolute atomic E-state index is 0.0140. The second-order valence-electron chi connectivity index (χ2n) is 23.2. The van der Waals surface area contributed by atoms with E-state index in [0.717, 1.165) is 44.9 Å². The highest BCUT2D eigenvalue weighted by molar-refractivity contribution is 5.35. The molecule has 0 unspecified atom stereocenters.